The van der Waals surface area contributed by atoms with E-state index in [4.69, 9.17) is 23.2 Å². The molecule has 2 heterocycles. The Morgan fingerprint density at radius 3 is 2.53 bits per heavy atom. The molecule has 1 aromatic carbocycles. The monoisotopic (exact) mass is 491 g/mol. The molecule has 1 aromatic heterocycles. The molecule has 1 aliphatic rings. The van der Waals surface area contributed by atoms with Gasteiger partial charge < -0.3 is 4.90 Å². The van der Waals surface area contributed by atoms with E-state index in [0.717, 1.165) is 6.20 Å². The van der Waals surface area contributed by atoms with Crippen molar-refractivity contribution in [3.8, 4) is 0 Å². The minimum absolute atomic E-state index is 0.0227. The lowest BCUT2D eigenvalue weighted by atomic mass is 10.1. The Hall–Kier alpha value is -1.75. The fraction of sp³-hybridized carbons (Fsp3) is 0.389. The average Bonchev–Trinajstić information content (AvgIpc) is 3.06. The molecule has 8 nitrogen and oxygen atoms in total. The number of carbonyl (C=O) groups is 1. The third-order valence-corrected chi connectivity index (χ3v) is 8.70. The van der Waals surface area contributed by atoms with Gasteiger partial charge in [-0.15, -0.1) is 0 Å². The molecule has 1 atom stereocenters. The summed E-state index contributed by atoms with van der Waals surface area (Å²) >= 11 is 12.3. The van der Waals surface area contributed by atoms with E-state index in [1.54, 1.807) is 24.3 Å². The van der Waals surface area contributed by atoms with E-state index < -0.39 is 36.8 Å². The number of carbonyl (C=O) groups excluding carboxylic acids is 1. The molecule has 12 heteroatoms. The molecule has 1 aliphatic heterocycles. The van der Waals surface area contributed by atoms with Crippen molar-refractivity contribution >= 4 is 48.8 Å². The largest absolute Gasteiger partial charge is 0.329 e. The van der Waals surface area contributed by atoms with Gasteiger partial charge in [0, 0.05) is 17.6 Å². The summed E-state index contributed by atoms with van der Waals surface area (Å²) in [4.78, 5) is 22.3. The number of amides is 1. The maximum absolute atomic E-state index is 13.4. The third kappa shape index (κ3) is 4.93. The highest BCUT2D eigenvalue weighted by atomic mass is 35.5. The van der Waals surface area contributed by atoms with Crippen molar-refractivity contribution in [3.05, 3.63) is 51.8 Å². The Bertz CT molecular complexity index is 1190. The zero-order valence-electron chi connectivity index (χ0n) is 16.0. The smallest absolute Gasteiger partial charge is 0.274 e. The number of aromatic nitrogens is 2. The first-order valence-corrected chi connectivity index (χ1v) is 13.3. The quantitative estimate of drug-likeness (QED) is 0.569. The molecule has 0 saturated carbocycles. The molecule has 1 fully saturated rings. The molecule has 162 valence electrons. The molecule has 2 aromatic rings. The van der Waals surface area contributed by atoms with Crippen molar-refractivity contribution in [3.63, 3.8) is 0 Å². The van der Waals surface area contributed by atoms with E-state index in [-0.39, 0.29) is 40.9 Å². The van der Waals surface area contributed by atoms with Crippen LogP contribution in [-0.4, -0.2) is 60.9 Å². The van der Waals surface area contributed by atoms with Crippen LogP contribution in [-0.2, 0) is 26.2 Å². The van der Waals surface area contributed by atoms with Crippen LogP contribution in [0.25, 0.3) is 0 Å². The Labute approximate surface area is 185 Å². The molecule has 0 spiro atoms. The highest BCUT2D eigenvalue weighted by Crippen LogP contribution is 2.26. The lowest BCUT2D eigenvalue weighted by molar-refractivity contribution is 0.0674. The number of sulfone groups is 2. The summed E-state index contributed by atoms with van der Waals surface area (Å²) in [6.45, 7) is 1.46. The molecule has 0 radical (unpaired) electrons. The summed E-state index contributed by atoms with van der Waals surface area (Å²) in [5.74, 6) is -1.17. The summed E-state index contributed by atoms with van der Waals surface area (Å²) < 4.78 is 48.3. The minimum Gasteiger partial charge on any atom is -0.329 e. The molecule has 1 saturated heterocycles. The second kappa shape index (κ2) is 8.78. The van der Waals surface area contributed by atoms with Gasteiger partial charge in [0.15, 0.2) is 15.5 Å². The number of hydrogen-bond donors (Lipinski definition) is 0. The highest BCUT2D eigenvalue weighted by molar-refractivity contribution is 7.91. The lowest BCUT2D eigenvalue weighted by Gasteiger charge is -2.28. The first-order valence-electron chi connectivity index (χ1n) is 9.04. The molecule has 3 rings (SSSR count). The first-order chi connectivity index (χ1) is 14.0. The van der Waals surface area contributed by atoms with Gasteiger partial charge in [0.1, 0.15) is 0 Å². The van der Waals surface area contributed by atoms with Crippen LogP contribution >= 0.6 is 23.2 Å². The molecular formula is C18H19Cl2N3O5S2. The van der Waals surface area contributed by atoms with Crippen LogP contribution in [0.3, 0.4) is 0 Å². The molecule has 30 heavy (non-hydrogen) atoms. The van der Waals surface area contributed by atoms with Gasteiger partial charge in [0.25, 0.3) is 5.91 Å². The molecule has 0 N–H and O–H groups in total. The van der Waals surface area contributed by atoms with Gasteiger partial charge in [-0.1, -0.05) is 48.3 Å². The van der Waals surface area contributed by atoms with Gasteiger partial charge in [0.2, 0.25) is 15.0 Å². The summed E-state index contributed by atoms with van der Waals surface area (Å²) in [6.07, 6.45) is 1.31. The lowest BCUT2D eigenvalue weighted by Crippen LogP contribution is -2.41. The normalized spacial score (nSPS) is 18.3. The zero-order chi connectivity index (χ0) is 22.1. The molecule has 0 aliphatic carbocycles. The predicted molar refractivity (Wildman–Crippen MR) is 113 cm³/mol. The maximum atomic E-state index is 13.4. The van der Waals surface area contributed by atoms with Crippen molar-refractivity contribution in [2.75, 3.05) is 17.3 Å². The predicted octanol–water partition coefficient (Wildman–Crippen LogP) is 2.41. The second-order valence-electron chi connectivity index (χ2n) is 6.83. The molecular weight excluding hydrogens is 473 g/mol. The van der Waals surface area contributed by atoms with Crippen molar-refractivity contribution in [2.24, 2.45) is 0 Å². The van der Waals surface area contributed by atoms with Crippen molar-refractivity contribution in [2.45, 2.75) is 31.1 Å². The Morgan fingerprint density at radius 1 is 1.23 bits per heavy atom. The van der Waals surface area contributed by atoms with Crippen LogP contribution in [0.4, 0.5) is 0 Å². The Kier molecular flexibility index (Phi) is 6.71. The van der Waals surface area contributed by atoms with E-state index in [9.17, 15) is 21.6 Å². The average molecular weight is 492 g/mol. The van der Waals surface area contributed by atoms with Gasteiger partial charge in [-0.2, -0.15) is 0 Å². The second-order valence-corrected chi connectivity index (χ2v) is 12.0. The Balaban J connectivity index is 2.04. The van der Waals surface area contributed by atoms with E-state index in [2.05, 4.69) is 9.97 Å². The van der Waals surface area contributed by atoms with Crippen LogP contribution in [0.5, 0.6) is 0 Å². The first kappa shape index (κ1) is 22.9. The summed E-state index contributed by atoms with van der Waals surface area (Å²) in [5, 5.41) is -0.214. The minimum atomic E-state index is -3.77. The van der Waals surface area contributed by atoms with Crippen LogP contribution in [0, 0.1) is 0 Å². The van der Waals surface area contributed by atoms with Gasteiger partial charge in [-0.05, 0) is 18.1 Å². The van der Waals surface area contributed by atoms with Gasteiger partial charge in [-0.25, -0.2) is 26.8 Å². The summed E-state index contributed by atoms with van der Waals surface area (Å²) in [5.41, 5.74) is 0.318. The SMILES string of the molecule is CCS(=O)(=O)c1ncc(Cl)c(C(=O)N(Cc2ccccc2Cl)C2CCS(=O)(=O)C2)n1. The van der Waals surface area contributed by atoms with Crippen LogP contribution in [0.2, 0.25) is 10.0 Å². The number of hydrogen-bond acceptors (Lipinski definition) is 7. The number of rotatable bonds is 6. The van der Waals surface area contributed by atoms with E-state index in [1.165, 1.54) is 11.8 Å². The Morgan fingerprint density at radius 2 is 1.93 bits per heavy atom. The summed E-state index contributed by atoms with van der Waals surface area (Å²) in [7, 11) is -7.06. The zero-order valence-corrected chi connectivity index (χ0v) is 19.1. The van der Waals surface area contributed by atoms with Crippen molar-refractivity contribution in [1.82, 2.24) is 14.9 Å². The van der Waals surface area contributed by atoms with Gasteiger partial charge in [0.05, 0.1) is 28.5 Å². The third-order valence-electron chi connectivity index (χ3n) is 4.79. The fourth-order valence-electron chi connectivity index (χ4n) is 3.11. The molecule has 0 bridgehead atoms. The van der Waals surface area contributed by atoms with E-state index in [1.807, 2.05) is 0 Å². The molecule has 1 amide bonds. The topological polar surface area (TPSA) is 114 Å². The number of nitrogens with zero attached hydrogens (tertiary/aromatic N) is 3. The highest BCUT2D eigenvalue weighted by Gasteiger charge is 2.36. The van der Waals surface area contributed by atoms with Crippen LogP contribution < -0.4 is 0 Å². The van der Waals surface area contributed by atoms with E-state index >= 15 is 0 Å². The van der Waals surface area contributed by atoms with Crippen LogP contribution in [0.15, 0.2) is 35.6 Å². The van der Waals surface area contributed by atoms with E-state index in [0.29, 0.717) is 10.6 Å². The van der Waals surface area contributed by atoms with Crippen LogP contribution in [0.1, 0.15) is 29.4 Å². The van der Waals surface area contributed by atoms with Crippen molar-refractivity contribution < 1.29 is 21.6 Å². The fourth-order valence-corrected chi connectivity index (χ4v) is 5.91. The van der Waals surface area contributed by atoms with Gasteiger partial charge in [-0.3, -0.25) is 4.79 Å². The standard InChI is InChI=1S/C18H19Cl2N3O5S2/c1-2-30(27,28)18-21-9-15(20)16(22-18)17(24)23(13-7-8-29(25,26)11-13)10-12-5-3-4-6-14(12)19/h3-6,9,13H,2,7-8,10-11H2,1H3. The maximum Gasteiger partial charge on any atom is 0.274 e. The van der Waals surface area contributed by atoms with Gasteiger partial charge >= 0.3 is 0 Å². The molecule has 1 unspecified atom stereocenters. The van der Waals surface area contributed by atoms with Crippen molar-refractivity contribution in [1.29, 1.82) is 0 Å². The summed E-state index contributed by atoms with van der Waals surface area (Å²) in [6, 6.07) is 6.26. The number of benzene rings is 1. The number of halogens is 2.